The molecular formula is C7H15ClO2S. The Bertz CT molecular complexity index is 187. The van der Waals surface area contributed by atoms with E-state index in [1.54, 1.807) is 0 Å². The van der Waals surface area contributed by atoms with Gasteiger partial charge < -0.3 is 0 Å². The van der Waals surface area contributed by atoms with Gasteiger partial charge in [-0.1, -0.05) is 6.92 Å². The van der Waals surface area contributed by atoms with Gasteiger partial charge in [0.05, 0.1) is 0 Å². The predicted octanol–water partition coefficient (Wildman–Crippen LogP) is 1.83. The number of rotatable bonds is 5. The van der Waals surface area contributed by atoms with Gasteiger partial charge in [-0.3, -0.25) is 0 Å². The van der Waals surface area contributed by atoms with Gasteiger partial charge in [-0.25, -0.2) is 8.42 Å². The fraction of sp³-hybridized carbons (Fsp3) is 1.00. The Balaban J connectivity index is 3.43. The third-order valence-electron chi connectivity index (χ3n) is 1.48. The highest BCUT2D eigenvalue weighted by Crippen LogP contribution is 2.09. The highest BCUT2D eigenvalue weighted by molar-refractivity contribution is 7.90. The molecule has 0 aromatic carbocycles. The van der Waals surface area contributed by atoms with Crippen molar-refractivity contribution in [1.29, 1.82) is 0 Å². The molecule has 0 fully saturated rings. The second-order valence-corrected chi connectivity index (χ2v) is 5.65. The molecule has 0 spiro atoms. The first-order valence-electron chi connectivity index (χ1n) is 3.77. The maximum atomic E-state index is 10.7. The lowest BCUT2D eigenvalue weighted by molar-refractivity contribution is 0.595. The molecule has 0 N–H and O–H groups in total. The van der Waals surface area contributed by atoms with Gasteiger partial charge in [-0.2, -0.15) is 0 Å². The molecule has 68 valence electrons. The summed E-state index contributed by atoms with van der Waals surface area (Å²) in [6, 6.07) is 0. The molecule has 0 aliphatic heterocycles. The Morgan fingerprint density at radius 3 is 2.36 bits per heavy atom. The summed E-state index contributed by atoms with van der Waals surface area (Å²) in [6.45, 7) is 2.00. The number of halogens is 1. The first kappa shape index (κ1) is 11.2. The van der Waals surface area contributed by atoms with Crippen LogP contribution in [-0.2, 0) is 9.84 Å². The smallest absolute Gasteiger partial charge is 0.147 e. The largest absolute Gasteiger partial charge is 0.229 e. The van der Waals surface area contributed by atoms with Crippen LogP contribution in [0.4, 0.5) is 0 Å². The summed E-state index contributed by atoms with van der Waals surface area (Å²) in [6.07, 6.45) is 3.64. The lowest BCUT2D eigenvalue weighted by atomic mass is 10.2. The van der Waals surface area contributed by atoms with Crippen molar-refractivity contribution in [3.05, 3.63) is 0 Å². The SMILES string of the molecule is CCC(Cl)CCCS(C)(=O)=O. The van der Waals surface area contributed by atoms with E-state index in [9.17, 15) is 8.42 Å². The third-order valence-corrected chi connectivity index (χ3v) is 3.03. The summed E-state index contributed by atoms with van der Waals surface area (Å²) < 4.78 is 21.3. The molecule has 0 aliphatic rings. The van der Waals surface area contributed by atoms with Crippen LogP contribution in [0.15, 0.2) is 0 Å². The maximum absolute atomic E-state index is 10.7. The molecule has 0 saturated heterocycles. The van der Waals surface area contributed by atoms with Gasteiger partial charge in [0.25, 0.3) is 0 Å². The fourth-order valence-corrected chi connectivity index (χ4v) is 1.62. The van der Waals surface area contributed by atoms with Crippen LogP contribution in [0.2, 0.25) is 0 Å². The number of hydrogen-bond acceptors (Lipinski definition) is 2. The van der Waals surface area contributed by atoms with Crippen molar-refractivity contribution >= 4 is 21.4 Å². The molecule has 1 atom stereocenters. The Hall–Kier alpha value is 0.240. The van der Waals surface area contributed by atoms with E-state index < -0.39 is 9.84 Å². The summed E-state index contributed by atoms with van der Waals surface area (Å²) in [5.41, 5.74) is 0. The molecule has 0 aromatic rings. The lowest BCUT2D eigenvalue weighted by Gasteiger charge is -2.03. The number of alkyl halides is 1. The van der Waals surface area contributed by atoms with E-state index in [0.29, 0.717) is 6.42 Å². The molecule has 4 heteroatoms. The van der Waals surface area contributed by atoms with Gasteiger partial charge in [0.2, 0.25) is 0 Å². The van der Waals surface area contributed by atoms with Crippen LogP contribution in [0.3, 0.4) is 0 Å². The summed E-state index contributed by atoms with van der Waals surface area (Å²) in [4.78, 5) is 0. The van der Waals surface area contributed by atoms with E-state index in [2.05, 4.69) is 0 Å². The van der Waals surface area contributed by atoms with Gasteiger partial charge in [0.15, 0.2) is 0 Å². The molecule has 0 saturated carbocycles. The van der Waals surface area contributed by atoms with E-state index in [1.807, 2.05) is 6.92 Å². The van der Waals surface area contributed by atoms with Gasteiger partial charge in [0.1, 0.15) is 9.84 Å². The van der Waals surface area contributed by atoms with Gasteiger partial charge in [-0.15, -0.1) is 11.6 Å². The normalized spacial score (nSPS) is 14.8. The van der Waals surface area contributed by atoms with Crippen molar-refractivity contribution in [3.8, 4) is 0 Å². The standard InChI is InChI=1S/C7H15ClO2S/c1-3-7(8)5-4-6-11(2,9)10/h7H,3-6H2,1-2H3. The van der Waals surface area contributed by atoms with Gasteiger partial charge in [0, 0.05) is 17.4 Å². The second kappa shape index (κ2) is 4.99. The van der Waals surface area contributed by atoms with Crippen molar-refractivity contribution in [2.45, 2.75) is 31.6 Å². The minimum Gasteiger partial charge on any atom is -0.229 e. The zero-order valence-electron chi connectivity index (χ0n) is 7.01. The van der Waals surface area contributed by atoms with Crippen molar-refractivity contribution in [2.75, 3.05) is 12.0 Å². The third kappa shape index (κ3) is 8.14. The first-order valence-corrected chi connectivity index (χ1v) is 6.27. The Morgan fingerprint density at radius 1 is 1.45 bits per heavy atom. The minimum absolute atomic E-state index is 0.136. The van der Waals surface area contributed by atoms with E-state index >= 15 is 0 Å². The van der Waals surface area contributed by atoms with Crippen LogP contribution in [0.5, 0.6) is 0 Å². The van der Waals surface area contributed by atoms with Crippen molar-refractivity contribution in [1.82, 2.24) is 0 Å². The van der Waals surface area contributed by atoms with E-state index in [-0.39, 0.29) is 11.1 Å². The zero-order valence-corrected chi connectivity index (χ0v) is 8.58. The molecule has 0 radical (unpaired) electrons. The van der Waals surface area contributed by atoms with E-state index in [0.717, 1.165) is 12.8 Å². The monoisotopic (exact) mass is 198 g/mol. The Kier molecular flexibility index (Phi) is 5.10. The van der Waals surface area contributed by atoms with Crippen molar-refractivity contribution in [3.63, 3.8) is 0 Å². The molecule has 0 rings (SSSR count). The van der Waals surface area contributed by atoms with E-state index in [4.69, 9.17) is 11.6 Å². The first-order chi connectivity index (χ1) is 4.95. The Labute approximate surface area is 73.9 Å². The predicted molar refractivity (Wildman–Crippen MR) is 48.9 cm³/mol. The average Bonchev–Trinajstić information content (AvgIpc) is 1.85. The summed E-state index contributed by atoms with van der Waals surface area (Å²) in [5, 5.41) is 0.136. The van der Waals surface area contributed by atoms with Crippen LogP contribution in [-0.4, -0.2) is 25.8 Å². The minimum atomic E-state index is -2.79. The van der Waals surface area contributed by atoms with Crippen LogP contribution in [0.25, 0.3) is 0 Å². The fourth-order valence-electron chi connectivity index (χ4n) is 0.771. The zero-order chi connectivity index (χ0) is 8.91. The van der Waals surface area contributed by atoms with Crippen molar-refractivity contribution in [2.24, 2.45) is 0 Å². The van der Waals surface area contributed by atoms with Crippen molar-refractivity contribution < 1.29 is 8.42 Å². The second-order valence-electron chi connectivity index (χ2n) is 2.78. The summed E-state index contributed by atoms with van der Waals surface area (Å²) >= 11 is 5.80. The molecule has 0 aromatic heterocycles. The molecule has 2 nitrogen and oxygen atoms in total. The summed E-state index contributed by atoms with van der Waals surface area (Å²) in [7, 11) is -2.79. The quantitative estimate of drug-likeness (QED) is 0.632. The maximum Gasteiger partial charge on any atom is 0.147 e. The molecule has 0 heterocycles. The van der Waals surface area contributed by atoms with E-state index in [1.165, 1.54) is 6.26 Å². The molecule has 11 heavy (non-hydrogen) atoms. The highest BCUT2D eigenvalue weighted by Gasteiger charge is 2.05. The summed E-state index contributed by atoms with van der Waals surface area (Å²) in [5.74, 6) is 0.260. The highest BCUT2D eigenvalue weighted by atomic mass is 35.5. The lowest BCUT2D eigenvalue weighted by Crippen LogP contribution is -2.05. The Morgan fingerprint density at radius 2 is 2.00 bits per heavy atom. The van der Waals surface area contributed by atoms with Gasteiger partial charge in [-0.05, 0) is 19.3 Å². The van der Waals surface area contributed by atoms with Crippen LogP contribution >= 0.6 is 11.6 Å². The van der Waals surface area contributed by atoms with Crippen LogP contribution in [0, 0.1) is 0 Å². The molecule has 1 unspecified atom stereocenters. The molecule has 0 amide bonds. The number of sulfone groups is 1. The van der Waals surface area contributed by atoms with Gasteiger partial charge >= 0.3 is 0 Å². The topological polar surface area (TPSA) is 34.1 Å². The molecule has 0 aliphatic carbocycles. The average molecular weight is 199 g/mol. The molecular weight excluding hydrogens is 184 g/mol. The van der Waals surface area contributed by atoms with Crippen LogP contribution in [0.1, 0.15) is 26.2 Å². The molecule has 0 bridgehead atoms. The number of hydrogen-bond donors (Lipinski definition) is 0. The van der Waals surface area contributed by atoms with Crippen LogP contribution < -0.4 is 0 Å².